The molecule has 0 saturated heterocycles. The number of aromatic nitrogens is 3. The van der Waals surface area contributed by atoms with Crippen LogP contribution in [0.15, 0.2) is 47.6 Å². The molecule has 3 amide bonds. The summed E-state index contributed by atoms with van der Waals surface area (Å²) in [5.41, 5.74) is 4.32. The van der Waals surface area contributed by atoms with E-state index in [1.54, 1.807) is 34.0 Å². The molecule has 0 fully saturated rings. The van der Waals surface area contributed by atoms with Crippen molar-refractivity contribution in [2.45, 2.75) is 38.6 Å². The Morgan fingerprint density at radius 1 is 1.00 bits per heavy atom. The van der Waals surface area contributed by atoms with E-state index in [4.69, 9.17) is 9.47 Å². The molecule has 2 aromatic carbocycles. The number of fused-ring (bicyclic) bond motifs is 1. The Hall–Kier alpha value is -4.45. The summed E-state index contributed by atoms with van der Waals surface area (Å²) in [4.78, 5) is 39.4. The average molecular weight is 593 g/mol. The van der Waals surface area contributed by atoms with E-state index < -0.39 is 12.2 Å². The van der Waals surface area contributed by atoms with Crippen LogP contribution in [0.3, 0.4) is 0 Å². The van der Waals surface area contributed by atoms with Gasteiger partial charge in [-0.05, 0) is 60.9 Å². The van der Waals surface area contributed by atoms with Crippen LogP contribution in [-0.2, 0) is 7.05 Å². The molecule has 42 heavy (non-hydrogen) atoms. The van der Waals surface area contributed by atoms with Gasteiger partial charge in [0.25, 0.3) is 5.24 Å². The summed E-state index contributed by atoms with van der Waals surface area (Å²) in [6.45, 7) is 8.28. The number of nitrogens with zero attached hydrogens (tertiary/aromatic N) is 3. The van der Waals surface area contributed by atoms with Crippen LogP contribution in [0.25, 0.3) is 33.3 Å². The van der Waals surface area contributed by atoms with E-state index >= 15 is 0 Å². The normalized spacial score (nSPS) is 11.0. The van der Waals surface area contributed by atoms with Crippen molar-refractivity contribution >= 4 is 40.1 Å². The second-order valence-corrected chi connectivity index (χ2v) is 11.0. The van der Waals surface area contributed by atoms with Gasteiger partial charge in [0, 0.05) is 68.5 Å². The quantitative estimate of drug-likeness (QED) is 0.203. The van der Waals surface area contributed by atoms with Crippen molar-refractivity contribution in [2.75, 3.05) is 27.2 Å². The SMILES string of the molecule is CCNC(=O)Oc1cc(OC(=O)NCC)c(C(C)C)cc1-c1[nH]nc(SC(=O)N(C)C)c1-c1cccc2c1ccn2C. The highest BCUT2D eigenvalue weighted by atomic mass is 32.2. The fourth-order valence-electron chi connectivity index (χ4n) is 4.50. The van der Waals surface area contributed by atoms with Crippen molar-refractivity contribution in [3.05, 3.63) is 48.2 Å². The van der Waals surface area contributed by atoms with Gasteiger partial charge < -0.3 is 29.6 Å². The summed E-state index contributed by atoms with van der Waals surface area (Å²) in [6.07, 6.45) is 0.693. The van der Waals surface area contributed by atoms with Gasteiger partial charge in [0.05, 0.1) is 5.69 Å². The van der Waals surface area contributed by atoms with Gasteiger partial charge in [-0.25, -0.2) is 9.59 Å². The number of H-pyrrole nitrogens is 1. The lowest BCUT2D eigenvalue weighted by atomic mass is 9.94. The highest BCUT2D eigenvalue weighted by molar-refractivity contribution is 8.13. The van der Waals surface area contributed by atoms with Crippen LogP contribution in [-0.4, -0.2) is 64.3 Å². The third-order valence-electron chi connectivity index (χ3n) is 6.53. The summed E-state index contributed by atoms with van der Waals surface area (Å²) >= 11 is 1.000. The molecule has 0 aliphatic carbocycles. The predicted octanol–water partition coefficient (Wildman–Crippen LogP) is 6.35. The summed E-state index contributed by atoms with van der Waals surface area (Å²) in [7, 11) is 5.33. The third-order valence-corrected chi connectivity index (χ3v) is 7.56. The molecule has 4 rings (SSSR count). The number of nitrogens with one attached hydrogen (secondary N) is 3. The molecule has 2 aromatic heterocycles. The Bertz CT molecular complexity index is 1620. The summed E-state index contributed by atoms with van der Waals surface area (Å²) < 4.78 is 13.4. The molecule has 0 saturated carbocycles. The van der Waals surface area contributed by atoms with Crippen molar-refractivity contribution in [1.82, 2.24) is 30.3 Å². The van der Waals surface area contributed by atoms with Crippen molar-refractivity contribution in [3.63, 3.8) is 0 Å². The van der Waals surface area contributed by atoms with Crippen LogP contribution in [0.2, 0.25) is 0 Å². The summed E-state index contributed by atoms with van der Waals surface area (Å²) in [6, 6.07) is 11.3. The zero-order valence-electron chi connectivity index (χ0n) is 24.8. The van der Waals surface area contributed by atoms with E-state index in [-0.39, 0.29) is 22.7 Å². The van der Waals surface area contributed by atoms with E-state index in [0.29, 0.717) is 34.9 Å². The third kappa shape index (κ3) is 6.38. The molecule has 2 heterocycles. The van der Waals surface area contributed by atoms with Gasteiger partial charge in [0.2, 0.25) is 0 Å². The molecule has 11 nitrogen and oxygen atoms in total. The number of thioether (sulfide) groups is 1. The topological polar surface area (TPSA) is 131 Å². The minimum absolute atomic E-state index is 0.0558. The second kappa shape index (κ2) is 13.0. The number of aromatic amines is 1. The van der Waals surface area contributed by atoms with Gasteiger partial charge >= 0.3 is 12.2 Å². The minimum atomic E-state index is -0.663. The highest BCUT2D eigenvalue weighted by Crippen LogP contribution is 2.46. The number of carbonyl (C=O) groups excluding carboxylic acids is 3. The lowest BCUT2D eigenvalue weighted by Crippen LogP contribution is -2.27. The Morgan fingerprint density at radius 2 is 1.67 bits per heavy atom. The van der Waals surface area contributed by atoms with Crippen molar-refractivity contribution in [3.8, 4) is 33.9 Å². The van der Waals surface area contributed by atoms with E-state index in [0.717, 1.165) is 33.8 Å². The van der Waals surface area contributed by atoms with E-state index in [2.05, 4.69) is 20.8 Å². The number of rotatable bonds is 8. The standard InChI is InChI=1S/C30H36N6O5S/c1-8-31-28(37)40-23-16-24(41-29(38)32-9-2)21(15-20(23)17(3)4)26-25(27(34-33-26)42-30(39)35(5)6)19-11-10-12-22-18(19)13-14-36(22)7/h10-17H,8-9H2,1-7H3,(H,31,37)(H,32,38)(H,33,34). The first-order valence-corrected chi connectivity index (χ1v) is 14.5. The summed E-state index contributed by atoms with van der Waals surface area (Å²) in [5.74, 6) is 0.368. The Balaban J connectivity index is 2.01. The number of hydrogen-bond acceptors (Lipinski definition) is 7. The molecule has 4 aromatic rings. The predicted molar refractivity (Wildman–Crippen MR) is 164 cm³/mol. The van der Waals surface area contributed by atoms with E-state index in [9.17, 15) is 14.4 Å². The maximum atomic E-state index is 12.8. The van der Waals surface area contributed by atoms with Crippen molar-refractivity contribution in [1.29, 1.82) is 0 Å². The van der Waals surface area contributed by atoms with E-state index in [1.807, 2.05) is 62.0 Å². The number of ether oxygens (including phenoxy) is 2. The highest BCUT2D eigenvalue weighted by Gasteiger charge is 2.27. The maximum absolute atomic E-state index is 12.8. The fraction of sp³-hybridized carbons (Fsp3) is 0.333. The molecule has 12 heteroatoms. The van der Waals surface area contributed by atoms with Gasteiger partial charge in [0.1, 0.15) is 16.5 Å². The van der Waals surface area contributed by atoms with Crippen LogP contribution >= 0.6 is 11.8 Å². The molecule has 0 aliphatic heterocycles. The first-order chi connectivity index (χ1) is 20.0. The molecular weight excluding hydrogens is 556 g/mol. The lowest BCUT2D eigenvalue weighted by molar-refractivity contribution is 0.199. The van der Waals surface area contributed by atoms with Gasteiger partial charge in [-0.2, -0.15) is 5.10 Å². The number of amides is 3. The molecule has 0 aliphatic rings. The molecule has 3 N–H and O–H groups in total. The Morgan fingerprint density at radius 3 is 2.29 bits per heavy atom. The van der Waals surface area contributed by atoms with Crippen molar-refractivity contribution in [2.24, 2.45) is 7.05 Å². The minimum Gasteiger partial charge on any atom is -0.410 e. The number of aryl methyl sites for hydroxylation is 1. The van der Waals surface area contributed by atoms with Gasteiger partial charge in [-0.3, -0.25) is 9.89 Å². The molecule has 222 valence electrons. The molecular formula is C30H36N6O5S. The molecule has 0 radical (unpaired) electrons. The van der Waals surface area contributed by atoms with Crippen LogP contribution in [0.5, 0.6) is 11.5 Å². The van der Waals surface area contributed by atoms with Crippen LogP contribution in [0, 0.1) is 0 Å². The van der Waals surface area contributed by atoms with Crippen LogP contribution < -0.4 is 20.1 Å². The molecule has 0 atom stereocenters. The Labute approximate surface area is 248 Å². The Kier molecular flexibility index (Phi) is 9.46. The second-order valence-electron chi connectivity index (χ2n) is 10.1. The monoisotopic (exact) mass is 592 g/mol. The smallest absolute Gasteiger partial charge is 0.410 e. The summed E-state index contributed by atoms with van der Waals surface area (Å²) in [5, 5.41) is 14.2. The van der Waals surface area contributed by atoms with Gasteiger partial charge in [-0.1, -0.05) is 26.0 Å². The zero-order valence-corrected chi connectivity index (χ0v) is 25.6. The average Bonchev–Trinajstić information content (AvgIpc) is 3.52. The number of benzene rings is 2. The molecule has 0 bridgehead atoms. The molecule has 0 unspecified atom stereocenters. The van der Waals surface area contributed by atoms with Crippen LogP contribution in [0.4, 0.5) is 14.4 Å². The van der Waals surface area contributed by atoms with E-state index in [1.165, 1.54) is 4.90 Å². The molecule has 0 spiro atoms. The van der Waals surface area contributed by atoms with Gasteiger partial charge in [0.15, 0.2) is 0 Å². The number of carbonyl (C=O) groups is 3. The lowest BCUT2D eigenvalue weighted by Gasteiger charge is -2.19. The number of hydrogen-bond donors (Lipinski definition) is 3. The van der Waals surface area contributed by atoms with Gasteiger partial charge in [-0.15, -0.1) is 0 Å². The van der Waals surface area contributed by atoms with Crippen LogP contribution in [0.1, 0.15) is 39.2 Å². The van der Waals surface area contributed by atoms with Crippen molar-refractivity contribution < 1.29 is 23.9 Å². The maximum Gasteiger partial charge on any atom is 0.412 e. The largest absolute Gasteiger partial charge is 0.412 e. The first kappa shape index (κ1) is 30.5. The fourth-order valence-corrected chi connectivity index (χ4v) is 5.25. The zero-order chi connectivity index (χ0) is 30.6. The first-order valence-electron chi connectivity index (χ1n) is 13.7.